The molecule has 1 aromatic carbocycles. The Hall–Kier alpha value is -1.84. The first kappa shape index (κ1) is 10.3. The summed E-state index contributed by atoms with van der Waals surface area (Å²) in [6.45, 7) is 2.08. The summed E-state index contributed by atoms with van der Waals surface area (Å²) in [5, 5.41) is 7.35. The van der Waals surface area contributed by atoms with E-state index in [9.17, 15) is 0 Å². The fourth-order valence-corrected chi connectivity index (χ4v) is 2.24. The number of nitrogen functional groups attached to an aromatic ring is 1. The lowest BCUT2D eigenvalue weighted by Crippen LogP contribution is -2.11. The maximum Gasteiger partial charge on any atom is 0.161 e. The molecule has 1 heterocycles. The molecule has 17 heavy (non-hydrogen) atoms. The van der Waals surface area contributed by atoms with Gasteiger partial charge < -0.3 is 5.73 Å². The minimum atomic E-state index is 0.0393. The van der Waals surface area contributed by atoms with Crippen LogP contribution < -0.4 is 5.73 Å². The Morgan fingerprint density at radius 3 is 2.53 bits per heavy atom. The molecule has 3 rings (SSSR count). The second-order valence-corrected chi connectivity index (χ2v) is 4.66. The molecule has 88 valence electrons. The van der Waals surface area contributed by atoms with Crippen molar-refractivity contribution >= 4 is 5.69 Å². The maximum atomic E-state index is 5.72. The van der Waals surface area contributed by atoms with Crippen molar-refractivity contribution in [3.05, 3.63) is 41.5 Å². The van der Waals surface area contributed by atoms with E-state index in [1.807, 2.05) is 12.1 Å². The van der Waals surface area contributed by atoms with Crippen LogP contribution in [-0.2, 0) is 11.8 Å². The third kappa shape index (κ3) is 1.60. The molecule has 3 N–H and O–H groups in total. The Balaban J connectivity index is 1.98. The molecule has 1 fully saturated rings. The minimum Gasteiger partial charge on any atom is -0.399 e. The molecule has 0 amide bonds. The topological polar surface area (TPSA) is 67.6 Å². The van der Waals surface area contributed by atoms with Gasteiger partial charge in [0.15, 0.2) is 5.82 Å². The van der Waals surface area contributed by atoms with Crippen LogP contribution in [0.15, 0.2) is 24.3 Å². The number of aromatic nitrogens is 3. The molecule has 1 aromatic heterocycles. The van der Waals surface area contributed by atoms with Gasteiger partial charge in [-0.2, -0.15) is 5.10 Å². The quantitative estimate of drug-likeness (QED) is 0.790. The predicted molar refractivity (Wildman–Crippen MR) is 66.6 cm³/mol. The molecule has 0 spiro atoms. The van der Waals surface area contributed by atoms with E-state index in [2.05, 4.69) is 34.2 Å². The number of aromatic amines is 1. The smallest absolute Gasteiger partial charge is 0.161 e. The fraction of sp³-hybridized carbons (Fsp3) is 0.385. The van der Waals surface area contributed by atoms with Gasteiger partial charge in [-0.1, -0.05) is 19.1 Å². The molecule has 2 aromatic rings. The van der Waals surface area contributed by atoms with E-state index in [-0.39, 0.29) is 5.41 Å². The average Bonchev–Trinajstić information content (AvgIpc) is 3.02. The van der Waals surface area contributed by atoms with Gasteiger partial charge in [0.05, 0.1) is 5.41 Å². The molecule has 1 aliphatic rings. The van der Waals surface area contributed by atoms with Crippen LogP contribution in [0.5, 0.6) is 0 Å². The Bertz CT molecular complexity index is 523. The number of rotatable bonds is 3. The molecule has 0 saturated heterocycles. The third-order valence-electron chi connectivity index (χ3n) is 3.51. The predicted octanol–water partition coefficient (Wildman–Crippen LogP) is 2.03. The highest BCUT2D eigenvalue weighted by Crippen LogP contribution is 2.52. The van der Waals surface area contributed by atoms with Gasteiger partial charge in [0.25, 0.3) is 0 Å². The molecule has 0 bridgehead atoms. The van der Waals surface area contributed by atoms with Crippen LogP contribution in [0.2, 0.25) is 0 Å². The van der Waals surface area contributed by atoms with Gasteiger partial charge >= 0.3 is 0 Å². The third-order valence-corrected chi connectivity index (χ3v) is 3.51. The number of H-pyrrole nitrogens is 1. The first-order valence-electron chi connectivity index (χ1n) is 6.02. The van der Waals surface area contributed by atoms with E-state index in [1.54, 1.807) is 0 Å². The zero-order valence-electron chi connectivity index (χ0n) is 9.90. The lowest BCUT2D eigenvalue weighted by Gasteiger charge is -2.11. The van der Waals surface area contributed by atoms with Crippen molar-refractivity contribution in [1.29, 1.82) is 0 Å². The van der Waals surface area contributed by atoms with Crippen molar-refractivity contribution in [3.8, 4) is 0 Å². The summed E-state index contributed by atoms with van der Waals surface area (Å²) >= 11 is 0. The monoisotopic (exact) mass is 228 g/mol. The van der Waals surface area contributed by atoms with Gasteiger partial charge in [0.1, 0.15) is 5.82 Å². The van der Waals surface area contributed by atoms with Crippen LogP contribution in [0.1, 0.15) is 37.0 Å². The SMILES string of the molecule is CCc1nc(C2(c3ccc(N)cc3)CC2)n[nH]1. The average molecular weight is 228 g/mol. The summed E-state index contributed by atoms with van der Waals surface area (Å²) in [7, 11) is 0. The zero-order chi connectivity index (χ0) is 11.9. The summed E-state index contributed by atoms with van der Waals surface area (Å²) < 4.78 is 0. The van der Waals surface area contributed by atoms with Crippen LogP contribution in [0, 0.1) is 0 Å². The number of hydrogen-bond acceptors (Lipinski definition) is 3. The van der Waals surface area contributed by atoms with Gasteiger partial charge in [0, 0.05) is 12.1 Å². The summed E-state index contributed by atoms with van der Waals surface area (Å²) in [6.07, 6.45) is 3.14. The molecule has 1 aliphatic carbocycles. The number of benzene rings is 1. The largest absolute Gasteiger partial charge is 0.399 e. The summed E-state index contributed by atoms with van der Waals surface area (Å²) in [6, 6.07) is 8.07. The standard InChI is InChI=1S/C13H16N4/c1-2-11-15-12(17-16-11)13(7-8-13)9-3-5-10(14)6-4-9/h3-6H,2,7-8,14H2,1H3,(H,15,16,17). The highest BCUT2D eigenvalue weighted by molar-refractivity contribution is 5.46. The highest BCUT2D eigenvalue weighted by Gasteiger charge is 2.49. The van der Waals surface area contributed by atoms with Gasteiger partial charge in [-0.15, -0.1) is 0 Å². The van der Waals surface area contributed by atoms with Crippen LogP contribution in [0.3, 0.4) is 0 Å². The lowest BCUT2D eigenvalue weighted by molar-refractivity contribution is 0.761. The van der Waals surface area contributed by atoms with Gasteiger partial charge in [0.2, 0.25) is 0 Å². The van der Waals surface area contributed by atoms with Crippen LogP contribution in [-0.4, -0.2) is 15.2 Å². The van der Waals surface area contributed by atoms with Crippen molar-refractivity contribution in [1.82, 2.24) is 15.2 Å². The Kier molecular flexibility index (Phi) is 2.18. The second kappa shape index (κ2) is 3.58. The molecular weight excluding hydrogens is 212 g/mol. The van der Waals surface area contributed by atoms with Crippen molar-refractivity contribution in [3.63, 3.8) is 0 Å². The van der Waals surface area contributed by atoms with Crippen molar-refractivity contribution < 1.29 is 0 Å². The van der Waals surface area contributed by atoms with Crippen LogP contribution in [0.4, 0.5) is 5.69 Å². The lowest BCUT2D eigenvalue weighted by atomic mass is 9.95. The van der Waals surface area contributed by atoms with Crippen molar-refractivity contribution in [2.45, 2.75) is 31.6 Å². The van der Waals surface area contributed by atoms with E-state index >= 15 is 0 Å². The summed E-state index contributed by atoms with van der Waals surface area (Å²) in [5.41, 5.74) is 7.83. The van der Waals surface area contributed by atoms with E-state index in [4.69, 9.17) is 5.73 Å². The molecule has 0 atom stereocenters. The van der Waals surface area contributed by atoms with Crippen LogP contribution >= 0.6 is 0 Å². The Morgan fingerprint density at radius 1 is 1.29 bits per heavy atom. The van der Waals surface area contributed by atoms with E-state index in [1.165, 1.54) is 5.56 Å². The number of aryl methyl sites for hydroxylation is 1. The maximum absolute atomic E-state index is 5.72. The Morgan fingerprint density at radius 2 is 2.00 bits per heavy atom. The number of nitrogens with two attached hydrogens (primary N) is 1. The molecule has 0 radical (unpaired) electrons. The molecule has 0 unspecified atom stereocenters. The first-order valence-corrected chi connectivity index (χ1v) is 6.02. The fourth-order valence-electron chi connectivity index (χ4n) is 2.24. The first-order chi connectivity index (χ1) is 8.24. The zero-order valence-corrected chi connectivity index (χ0v) is 9.90. The number of nitrogens with one attached hydrogen (secondary N) is 1. The van der Waals surface area contributed by atoms with Gasteiger partial charge in [-0.25, -0.2) is 4.98 Å². The Labute approximate surface area is 100 Å². The molecule has 4 heteroatoms. The number of anilines is 1. The number of nitrogens with zero attached hydrogens (tertiary/aromatic N) is 2. The molecule has 1 saturated carbocycles. The summed E-state index contributed by atoms with van der Waals surface area (Å²) in [5.74, 6) is 1.89. The van der Waals surface area contributed by atoms with Gasteiger partial charge in [-0.05, 0) is 30.5 Å². The van der Waals surface area contributed by atoms with E-state index < -0.39 is 0 Å². The van der Waals surface area contributed by atoms with Gasteiger partial charge in [-0.3, -0.25) is 5.10 Å². The molecular formula is C13H16N4. The van der Waals surface area contributed by atoms with Crippen LogP contribution in [0.25, 0.3) is 0 Å². The van der Waals surface area contributed by atoms with Crippen molar-refractivity contribution in [2.75, 3.05) is 5.73 Å². The molecule has 4 nitrogen and oxygen atoms in total. The highest BCUT2D eigenvalue weighted by atomic mass is 15.2. The number of hydrogen-bond donors (Lipinski definition) is 2. The second-order valence-electron chi connectivity index (χ2n) is 4.66. The summed E-state index contributed by atoms with van der Waals surface area (Å²) in [4.78, 5) is 4.56. The van der Waals surface area contributed by atoms with E-state index in [0.717, 1.165) is 36.6 Å². The molecule has 0 aliphatic heterocycles. The van der Waals surface area contributed by atoms with E-state index in [0.29, 0.717) is 0 Å². The minimum absolute atomic E-state index is 0.0393. The normalized spacial score (nSPS) is 17.0. The van der Waals surface area contributed by atoms with Crippen molar-refractivity contribution in [2.24, 2.45) is 0 Å².